The summed E-state index contributed by atoms with van der Waals surface area (Å²) in [7, 11) is 0. The molecule has 0 aromatic heterocycles. The van der Waals surface area contributed by atoms with Crippen LogP contribution in [0.4, 0.5) is 5.69 Å². The van der Waals surface area contributed by atoms with E-state index in [1.807, 2.05) is 63.2 Å². The highest BCUT2D eigenvalue weighted by atomic mass is 16.5. The number of nitrogens with one attached hydrogen (secondary N) is 1. The highest BCUT2D eigenvalue weighted by molar-refractivity contribution is 5.96. The van der Waals surface area contributed by atoms with E-state index in [0.717, 1.165) is 22.4 Å². The maximum atomic E-state index is 12.3. The van der Waals surface area contributed by atoms with Crippen LogP contribution in [0.25, 0.3) is 0 Å². The molecule has 1 atom stereocenters. The number of aryl methyl sites for hydroxylation is 3. The predicted molar refractivity (Wildman–Crippen MR) is 101 cm³/mol. The lowest BCUT2D eigenvalue weighted by Gasteiger charge is -2.16. The van der Waals surface area contributed by atoms with Gasteiger partial charge in [-0.05, 0) is 51.0 Å². The number of carbonyl (C=O) groups is 2. The molecule has 1 N–H and O–H groups in total. The van der Waals surface area contributed by atoms with Crippen LogP contribution in [-0.2, 0) is 14.3 Å². The van der Waals surface area contributed by atoms with E-state index >= 15 is 0 Å². The Labute approximate surface area is 154 Å². The van der Waals surface area contributed by atoms with E-state index in [-0.39, 0.29) is 18.9 Å². The fourth-order valence-corrected chi connectivity index (χ4v) is 2.43. The van der Waals surface area contributed by atoms with Gasteiger partial charge >= 0.3 is 5.97 Å². The number of esters is 1. The van der Waals surface area contributed by atoms with Crippen molar-refractivity contribution in [1.29, 1.82) is 0 Å². The summed E-state index contributed by atoms with van der Waals surface area (Å²) >= 11 is 0. The molecule has 0 bridgehead atoms. The molecule has 0 aliphatic carbocycles. The monoisotopic (exact) mass is 355 g/mol. The molecular weight excluding hydrogens is 330 g/mol. The number of ether oxygens (including phenoxy) is 2. The molecule has 0 fully saturated rings. The lowest BCUT2D eigenvalue weighted by molar-refractivity contribution is -0.153. The van der Waals surface area contributed by atoms with E-state index < -0.39 is 12.1 Å². The number of benzene rings is 2. The first-order chi connectivity index (χ1) is 12.4. The van der Waals surface area contributed by atoms with Crippen LogP contribution in [0.1, 0.15) is 30.0 Å². The summed E-state index contributed by atoms with van der Waals surface area (Å²) in [4.78, 5) is 24.2. The Balaban J connectivity index is 1.78. The van der Waals surface area contributed by atoms with Gasteiger partial charge in [0.2, 0.25) is 0 Å². The van der Waals surface area contributed by atoms with Gasteiger partial charge in [-0.2, -0.15) is 0 Å². The van der Waals surface area contributed by atoms with Gasteiger partial charge in [-0.1, -0.05) is 35.9 Å². The largest absolute Gasteiger partial charge is 0.493 e. The molecular formula is C21H25NO4. The molecule has 138 valence electrons. The maximum Gasteiger partial charge on any atom is 0.310 e. The van der Waals surface area contributed by atoms with Crippen molar-refractivity contribution in [3.63, 3.8) is 0 Å². The Morgan fingerprint density at radius 1 is 1.00 bits per heavy atom. The molecule has 2 aromatic rings. The third kappa shape index (κ3) is 5.62. The Morgan fingerprint density at radius 2 is 1.62 bits per heavy atom. The first-order valence-corrected chi connectivity index (χ1v) is 8.63. The van der Waals surface area contributed by atoms with Crippen LogP contribution < -0.4 is 10.1 Å². The third-order valence-electron chi connectivity index (χ3n) is 4.00. The molecule has 0 aliphatic rings. The normalized spacial score (nSPS) is 11.5. The Bertz CT molecular complexity index is 748. The minimum absolute atomic E-state index is 0.0783. The van der Waals surface area contributed by atoms with Crippen molar-refractivity contribution in [2.24, 2.45) is 0 Å². The lowest BCUT2D eigenvalue weighted by Crippen LogP contribution is -2.30. The van der Waals surface area contributed by atoms with Gasteiger partial charge in [0.25, 0.3) is 5.91 Å². The van der Waals surface area contributed by atoms with E-state index in [1.165, 1.54) is 0 Å². The lowest BCUT2D eigenvalue weighted by atomic mass is 10.1. The first kappa shape index (κ1) is 19.5. The Morgan fingerprint density at radius 3 is 2.23 bits per heavy atom. The highest BCUT2D eigenvalue weighted by Crippen LogP contribution is 2.20. The molecule has 0 saturated heterocycles. The maximum absolute atomic E-state index is 12.3. The van der Waals surface area contributed by atoms with E-state index in [0.29, 0.717) is 5.75 Å². The molecule has 0 saturated carbocycles. The summed E-state index contributed by atoms with van der Waals surface area (Å²) < 4.78 is 10.7. The smallest absolute Gasteiger partial charge is 0.310 e. The van der Waals surface area contributed by atoms with Crippen LogP contribution in [-0.4, -0.2) is 24.6 Å². The molecule has 0 heterocycles. The standard InChI is InChI=1S/C21H25NO4/c1-14-8-10-18(11-9-14)25-13-12-19(23)26-17(4)21(24)22-20-15(2)6-5-7-16(20)3/h5-11,17H,12-13H2,1-4H3,(H,22,24)/t17-/m1/s1. The molecule has 5 nitrogen and oxygen atoms in total. The SMILES string of the molecule is Cc1ccc(OCCC(=O)O[C@H](C)C(=O)Nc2c(C)cccc2C)cc1. The fraction of sp³-hybridized carbons (Fsp3) is 0.333. The molecule has 0 aliphatic heterocycles. The van der Waals surface area contributed by atoms with Gasteiger partial charge in [0.1, 0.15) is 5.75 Å². The van der Waals surface area contributed by atoms with Crippen LogP contribution in [0.5, 0.6) is 5.75 Å². The van der Waals surface area contributed by atoms with Gasteiger partial charge in [0.05, 0.1) is 13.0 Å². The summed E-state index contributed by atoms with van der Waals surface area (Å²) in [6.07, 6.45) is -0.796. The van der Waals surface area contributed by atoms with Crippen molar-refractivity contribution in [3.05, 3.63) is 59.2 Å². The molecule has 26 heavy (non-hydrogen) atoms. The van der Waals surface area contributed by atoms with Crippen molar-refractivity contribution in [1.82, 2.24) is 0 Å². The summed E-state index contributed by atoms with van der Waals surface area (Å²) in [6, 6.07) is 13.3. The molecule has 0 spiro atoms. The summed E-state index contributed by atoms with van der Waals surface area (Å²) in [5.41, 5.74) is 3.82. The van der Waals surface area contributed by atoms with E-state index in [2.05, 4.69) is 5.32 Å². The number of anilines is 1. The highest BCUT2D eigenvalue weighted by Gasteiger charge is 2.19. The average Bonchev–Trinajstić information content (AvgIpc) is 2.59. The van der Waals surface area contributed by atoms with E-state index in [9.17, 15) is 9.59 Å². The number of hydrogen-bond donors (Lipinski definition) is 1. The molecule has 2 rings (SSSR count). The Kier molecular flexibility index (Phi) is 6.78. The van der Waals surface area contributed by atoms with Gasteiger partial charge in [-0.3, -0.25) is 9.59 Å². The van der Waals surface area contributed by atoms with E-state index in [1.54, 1.807) is 6.92 Å². The topological polar surface area (TPSA) is 64.6 Å². The summed E-state index contributed by atoms with van der Waals surface area (Å²) in [6.45, 7) is 7.59. The van der Waals surface area contributed by atoms with Crippen molar-refractivity contribution in [2.45, 2.75) is 40.2 Å². The zero-order valence-corrected chi connectivity index (χ0v) is 15.7. The fourth-order valence-electron chi connectivity index (χ4n) is 2.43. The van der Waals surface area contributed by atoms with Crippen molar-refractivity contribution >= 4 is 17.6 Å². The zero-order valence-electron chi connectivity index (χ0n) is 15.7. The van der Waals surface area contributed by atoms with Crippen LogP contribution in [0.3, 0.4) is 0 Å². The van der Waals surface area contributed by atoms with E-state index in [4.69, 9.17) is 9.47 Å². The van der Waals surface area contributed by atoms with Crippen molar-refractivity contribution in [3.8, 4) is 5.75 Å². The average molecular weight is 355 g/mol. The van der Waals surface area contributed by atoms with Crippen LogP contribution >= 0.6 is 0 Å². The molecule has 5 heteroatoms. The number of carbonyl (C=O) groups excluding carboxylic acids is 2. The third-order valence-corrected chi connectivity index (χ3v) is 4.00. The second kappa shape index (κ2) is 9.04. The van der Waals surface area contributed by atoms with Crippen molar-refractivity contribution in [2.75, 3.05) is 11.9 Å². The molecule has 0 unspecified atom stereocenters. The number of para-hydroxylation sites is 1. The van der Waals surface area contributed by atoms with Gasteiger partial charge in [-0.25, -0.2) is 0 Å². The molecule has 0 radical (unpaired) electrons. The predicted octanol–water partition coefficient (Wildman–Crippen LogP) is 3.95. The first-order valence-electron chi connectivity index (χ1n) is 8.63. The van der Waals surface area contributed by atoms with Crippen LogP contribution in [0.15, 0.2) is 42.5 Å². The second-order valence-electron chi connectivity index (χ2n) is 6.30. The number of amides is 1. The van der Waals surface area contributed by atoms with Gasteiger partial charge in [0, 0.05) is 5.69 Å². The van der Waals surface area contributed by atoms with Gasteiger partial charge in [0.15, 0.2) is 6.10 Å². The number of hydrogen-bond acceptors (Lipinski definition) is 4. The summed E-state index contributed by atoms with van der Waals surface area (Å²) in [5.74, 6) is -0.124. The Hall–Kier alpha value is -2.82. The van der Waals surface area contributed by atoms with Gasteiger partial charge in [-0.15, -0.1) is 0 Å². The zero-order chi connectivity index (χ0) is 19.1. The number of rotatable bonds is 7. The minimum Gasteiger partial charge on any atom is -0.493 e. The van der Waals surface area contributed by atoms with Crippen LogP contribution in [0, 0.1) is 20.8 Å². The van der Waals surface area contributed by atoms with Gasteiger partial charge < -0.3 is 14.8 Å². The summed E-state index contributed by atoms with van der Waals surface area (Å²) in [5, 5.41) is 2.82. The van der Waals surface area contributed by atoms with Crippen LogP contribution in [0.2, 0.25) is 0 Å². The van der Waals surface area contributed by atoms with Crippen molar-refractivity contribution < 1.29 is 19.1 Å². The quantitative estimate of drug-likeness (QED) is 0.764. The molecule has 1 amide bonds. The second-order valence-corrected chi connectivity index (χ2v) is 6.30. The molecule has 2 aromatic carbocycles. The minimum atomic E-state index is -0.874.